The molecule has 2 aromatic heterocycles. The molecule has 1 N–H and O–H groups in total. The number of carbonyl (C=O) groups excluding carboxylic acids is 1. The van der Waals surface area contributed by atoms with E-state index in [1.54, 1.807) is 37.1 Å². The van der Waals surface area contributed by atoms with Crippen molar-refractivity contribution in [2.75, 3.05) is 20.2 Å². The monoisotopic (exact) mass is 295 g/mol. The van der Waals surface area contributed by atoms with Crippen molar-refractivity contribution < 1.29 is 14.3 Å². The molecule has 2 rings (SSSR count). The van der Waals surface area contributed by atoms with Crippen LogP contribution in [0.3, 0.4) is 0 Å². The van der Waals surface area contributed by atoms with Crippen LogP contribution in [-0.2, 0) is 12.8 Å². The van der Waals surface area contributed by atoms with Gasteiger partial charge in [-0.3, -0.25) is 4.79 Å². The molecule has 2 heterocycles. The van der Waals surface area contributed by atoms with E-state index in [0.29, 0.717) is 5.75 Å². The number of aryl methyl sites for hydroxylation is 1. The zero-order chi connectivity index (χ0) is 14.5. The third kappa shape index (κ3) is 3.43. The van der Waals surface area contributed by atoms with Crippen molar-refractivity contribution >= 4 is 17.7 Å². The molecular weight excluding hydrogens is 278 g/mol. The van der Waals surface area contributed by atoms with Crippen molar-refractivity contribution in [3.63, 3.8) is 0 Å². The van der Waals surface area contributed by atoms with Gasteiger partial charge in [-0.15, -0.1) is 0 Å². The predicted molar refractivity (Wildman–Crippen MR) is 75.5 cm³/mol. The Morgan fingerprint density at radius 1 is 1.55 bits per heavy atom. The standard InChI is InChI=1S/C13H17N3O3S/c1-15(7-8-17)12(18)11-4-3-10(19-11)9-20-13-14-5-6-16(13)2/h3-6,17H,7-9H2,1-2H3. The van der Waals surface area contributed by atoms with E-state index in [-0.39, 0.29) is 24.8 Å². The summed E-state index contributed by atoms with van der Waals surface area (Å²) in [5.41, 5.74) is 0. The highest BCUT2D eigenvalue weighted by molar-refractivity contribution is 7.98. The molecule has 0 fully saturated rings. The summed E-state index contributed by atoms with van der Waals surface area (Å²) >= 11 is 1.54. The fourth-order valence-electron chi connectivity index (χ4n) is 1.64. The van der Waals surface area contributed by atoms with Crippen molar-refractivity contribution in [2.24, 2.45) is 7.05 Å². The number of aromatic nitrogens is 2. The fraction of sp³-hybridized carbons (Fsp3) is 0.385. The molecule has 0 radical (unpaired) electrons. The van der Waals surface area contributed by atoms with E-state index in [9.17, 15) is 4.79 Å². The molecule has 0 aliphatic rings. The van der Waals surface area contributed by atoms with Crippen LogP contribution in [0.15, 0.2) is 34.1 Å². The van der Waals surface area contributed by atoms with E-state index in [0.717, 1.165) is 10.9 Å². The Kier molecular flexibility index (Phi) is 4.86. The van der Waals surface area contributed by atoms with Gasteiger partial charge in [0.25, 0.3) is 5.91 Å². The van der Waals surface area contributed by atoms with Gasteiger partial charge in [-0.25, -0.2) is 4.98 Å². The predicted octanol–water partition coefficient (Wildman–Crippen LogP) is 1.37. The molecule has 1 amide bonds. The van der Waals surface area contributed by atoms with E-state index in [4.69, 9.17) is 9.52 Å². The number of likely N-dealkylation sites (N-methyl/N-ethyl adjacent to an activating group) is 1. The second-order valence-electron chi connectivity index (χ2n) is 4.33. The molecule has 0 saturated heterocycles. The Labute approximate surface area is 121 Å². The molecule has 0 unspecified atom stereocenters. The van der Waals surface area contributed by atoms with E-state index in [1.165, 1.54) is 4.90 Å². The fourth-order valence-corrected chi connectivity index (χ4v) is 2.46. The van der Waals surface area contributed by atoms with Gasteiger partial charge in [0.05, 0.1) is 12.4 Å². The van der Waals surface area contributed by atoms with Crippen LogP contribution < -0.4 is 0 Å². The maximum Gasteiger partial charge on any atom is 0.289 e. The summed E-state index contributed by atoms with van der Waals surface area (Å²) in [5, 5.41) is 9.71. The first-order chi connectivity index (χ1) is 9.61. The molecule has 0 aliphatic carbocycles. The minimum absolute atomic E-state index is 0.0647. The van der Waals surface area contributed by atoms with Crippen LogP contribution in [0.25, 0.3) is 0 Å². The highest BCUT2D eigenvalue weighted by Gasteiger charge is 2.15. The van der Waals surface area contributed by atoms with E-state index < -0.39 is 0 Å². The third-order valence-electron chi connectivity index (χ3n) is 2.78. The average Bonchev–Trinajstić information content (AvgIpc) is 3.05. The molecule has 0 atom stereocenters. The lowest BCUT2D eigenvalue weighted by molar-refractivity contribution is 0.0734. The van der Waals surface area contributed by atoms with Gasteiger partial charge in [0.1, 0.15) is 5.76 Å². The summed E-state index contributed by atoms with van der Waals surface area (Å²) in [6, 6.07) is 3.44. The number of carbonyl (C=O) groups is 1. The van der Waals surface area contributed by atoms with Gasteiger partial charge in [-0.2, -0.15) is 0 Å². The van der Waals surface area contributed by atoms with E-state index in [1.807, 2.05) is 17.8 Å². The molecule has 0 spiro atoms. The molecule has 0 aromatic carbocycles. The van der Waals surface area contributed by atoms with Gasteiger partial charge in [0.15, 0.2) is 10.9 Å². The van der Waals surface area contributed by atoms with Gasteiger partial charge in [-0.1, -0.05) is 11.8 Å². The normalized spacial score (nSPS) is 10.8. The zero-order valence-corrected chi connectivity index (χ0v) is 12.3. The van der Waals surface area contributed by atoms with Gasteiger partial charge in [-0.05, 0) is 12.1 Å². The largest absolute Gasteiger partial charge is 0.455 e. The number of furan rings is 1. The quantitative estimate of drug-likeness (QED) is 0.815. The number of imidazole rings is 1. The van der Waals surface area contributed by atoms with Crippen LogP contribution in [0.5, 0.6) is 0 Å². The molecule has 0 bridgehead atoms. The number of aliphatic hydroxyl groups is 1. The summed E-state index contributed by atoms with van der Waals surface area (Å²) < 4.78 is 7.45. The molecule has 108 valence electrons. The lowest BCUT2D eigenvalue weighted by Crippen LogP contribution is -2.29. The van der Waals surface area contributed by atoms with Gasteiger partial charge in [0.2, 0.25) is 0 Å². The Hall–Kier alpha value is -1.73. The average molecular weight is 295 g/mol. The van der Waals surface area contributed by atoms with Crippen LogP contribution in [0, 0.1) is 0 Å². The van der Waals surface area contributed by atoms with E-state index >= 15 is 0 Å². The van der Waals surface area contributed by atoms with Crippen LogP contribution in [0.4, 0.5) is 0 Å². The first-order valence-electron chi connectivity index (χ1n) is 6.17. The lowest BCUT2D eigenvalue weighted by atomic mass is 10.4. The topological polar surface area (TPSA) is 71.5 Å². The molecular formula is C13H17N3O3S. The number of thioether (sulfide) groups is 1. The first-order valence-corrected chi connectivity index (χ1v) is 7.15. The number of amides is 1. The molecule has 0 saturated carbocycles. The van der Waals surface area contributed by atoms with Crippen molar-refractivity contribution in [2.45, 2.75) is 10.9 Å². The number of hydrogen-bond donors (Lipinski definition) is 1. The number of nitrogens with zero attached hydrogens (tertiary/aromatic N) is 3. The highest BCUT2D eigenvalue weighted by Crippen LogP contribution is 2.22. The second-order valence-corrected chi connectivity index (χ2v) is 5.27. The van der Waals surface area contributed by atoms with Crippen LogP contribution >= 0.6 is 11.8 Å². The van der Waals surface area contributed by atoms with Crippen LogP contribution in [-0.4, -0.2) is 45.7 Å². The number of aliphatic hydroxyl groups excluding tert-OH is 1. The molecule has 20 heavy (non-hydrogen) atoms. The minimum atomic E-state index is -0.229. The van der Waals surface area contributed by atoms with Gasteiger partial charge < -0.3 is 19.0 Å². The van der Waals surface area contributed by atoms with E-state index in [2.05, 4.69) is 4.98 Å². The Bertz CT molecular complexity index is 579. The number of hydrogen-bond acceptors (Lipinski definition) is 5. The molecule has 7 heteroatoms. The second kappa shape index (κ2) is 6.62. The summed E-state index contributed by atoms with van der Waals surface area (Å²) in [5.74, 6) is 1.39. The molecule has 0 aliphatic heterocycles. The minimum Gasteiger partial charge on any atom is -0.455 e. The van der Waals surface area contributed by atoms with Gasteiger partial charge in [0, 0.05) is 33.0 Å². The maximum absolute atomic E-state index is 11.9. The summed E-state index contributed by atoms with van der Waals surface area (Å²) in [4.78, 5) is 17.6. The van der Waals surface area contributed by atoms with Crippen LogP contribution in [0.2, 0.25) is 0 Å². The summed E-state index contributed by atoms with van der Waals surface area (Å²) in [6.07, 6.45) is 3.62. The SMILES string of the molecule is CN(CCO)C(=O)c1ccc(CSc2nccn2C)o1. The third-order valence-corrected chi connectivity index (χ3v) is 3.86. The van der Waals surface area contributed by atoms with Crippen LogP contribution in [0.1, 0.15) is 16.3 Å². The smallest absolute Gasteiger partial charge is 0.289 e. The molecule has 6 nitrogen and oxygen atoms in total. The highest BCUT2D eigenvalue weighted by atomic mass is 32.2. The lowest BCUT2D eigenvalue weighted by Gasteiger charge is -2.13. The van der Waals surface area contributed by atoms with Crippen molar-refractivity contribution in [1.82, 2.24) is 14.5 Å². The molecule has 2 aromatic rings. The van der Waals surface area contributed by atoms with Crippen molar-refractivity contribution in [1.29, 1.82) is 0 Å². The summed E-state index contributed by atoms with van der Waals surface area (Å²) in [6.45, 7) is 0.224. The van der Waals surface area contributed by atoms with Crippen molar-refractivity contribution in [3.05, 3.63) is 36.0 Å². The van der Waals surface area contributed by atoms with Crippen molar-refractivity contribution in [3.8, 4) is 0 Å². The summed E-state index contributed by atoms with van der Waals surface area (Å²) in [7, 11) is 3.56. The Morgan fingerprint density at radius 2 is 2.35 bits per heavy atom. The zero-order valence-electron chi connectivity index (χ0n) is 11.4. The Morgan fingerprint density at radius 3 is 3.00 bits per heavy atom. The maximum atomic E-state index is 11.9. The number of rotatable bonds is 6. The Balaban J connectivity index is 1.95. The first kappa shape index (κ1) is 14.7. The van der Waals surface area contributed by atoms with Gasteiger partial charge >= 0.3 is 0 Å².